The second-order valence-electron chi connectivity index (χ2n) is 5.51. The number of nitriles is 1. The van der Waals surface area contributed by atoms with Crippen molar-refractivity contribution in [2.75, 3.05) is 26.2 Å². The highest BCUT2D eigenvalue weighted by atomic mass is 15.1. The first kappa shape index (κ1) is 11.7. The average molecular weight is 241 g/mol. The van der Waals surface area contributed by atoms with Crippen molar-refractivity contribution in [1.29, 1.82) is 5.26 Å². The zero-order chi connectivity index (χ0) is 12.4. The SMILES string of the molecule is N#Cc1ccc(CN2CCC3CNCC3C2)cc1. The monoisotopic (exact) mass is 241 g/mol. The molecule has 0 radical (unpaired) electrons. The Morgan fingerprint density at radius 1 is 1.22 bits per heavy atom. The second kappa shape index (κ2) is 5.09. The van der Waals surface area contributed by atoms with Crippen molar-refractivity contribution >= 4 is 0 Å². The Morgan fingerprint density at radius 2 is 2.00 bits per heavy atom. The third kappa shape index (κ3) is 2.40. The first-order valence-corrected chi connectivity index (χ1v) is 6.77. The van der Waals surface area contributed by atoms with Crippen LogP contribution in [0.1, 0.15) is 17.5 Å². The number of likely N-dealkylation sites (tertiary alicyclic amines) is 1. The van der Waals surface area contributed by atoms with E-state index in [1.165, 1.54) is 38.2 Å². The molecular formula is C15H19N3. The summed E-state index contributed by atoms with van der Waals surface area (Å²) in [5.41, 5.74) is 2.07. The van der Waals surface area contributed by atoms with Gasteiger partial charge in [0.05, 0.1) is 11.6 Å². The van der Waals surface area contributed by atoms with Crippen LogP contribution in [0.5, 0.6) is 0 Å². The standard InChI is InChI=1S/C15H19N3/c16-7-12-1-3-13(4-2-12)10-18-6-5-14-8-17-9-15(14)11-18/h1-4,14-15,17H,5-6,8-11H2. The van der Waals surface area contributed by atoms with E-state index < -0.39 is 0 Å². The van der Waals surface area contributed by atoms with Crippen molar-refractivity contribution in [2.45, 2.75) is 13.0 Å². The van der Waals surface area contributed by atoms with Crippen LogP contribution in [0, 0.1) is 23.2 Å². The van der Waals surface area contributed by atoms with E-state index in [9.17, 15) is 0 Å². The molecule has 2 aliphatic heterocycles. The van der Waals surface area contributed by atoms with Gasteiger partial charge in [-0.1, -0.05) is 12.1 Å². The zero-order valence-electron chi connectivity index (χ0n) is 10.6. The number of fused-ring (bicyclic) bond motifs is 1. The maximum absolute atomic E-state index is 8.79. The molecule has 0 aliphatic carbocycles. The van der Waals surface area contributed by atoms with E-state index in [0.717, 1.165) is 23.9 Å². The molecule has 18 heavy (non-hydrogen) atoms. The fraction of sp³-hybridized carbons (Fsp3) is 0.533. The van der Waals surface area contributed by atoms with Gasteiger partial charge < -0.3 is 5.32 Å². The molecule has 0 spiro atoms. The smallest absolute Gasteiger partial charge is 0.0991 e. The molecule has 3 rings (SSSR count). The van der Waals surface area contributed by atoms with Crippen LogP contribution < -0.4 is 5.32 Å². The van der Waals surface area contributed by atoms with E-state index >= 15 is 0 Å². The van der Waals surface area contributed by atoms with Gasteiger partial charge in [-0.05, 0) is 55.6 Å². The number of nitrogens with one attached hydrogen (secondary N) is 1. The van der Waals surface area contributed by atoms with Gasteiger partial charge in [-0.3, -0.25) is 4.90 Å². The third-order valence-electron chi connectivity index (χ3n) is 4.28. The lowest BCUT2D eigenvalue weighted by Crippen LogP contribution is -2.39. The lowest BCUT2D eigenvalue weighted by molar-refractivity contribution is 0.142. The maximum atomic E-state index is 8.79. The predicted octanol–water partition coefficient (Wildman–Crippen LogP) is 1.60. The first-order chi connectivity index (χ1) is 8.85. The predicted molar refractivity (Wildman–Crippen MR) is 70.9 cm³/mol. The molecule has 2 unspecified atom stereocenters. The number of hydrogen-bond acceptors (Lipinski definition) is 3. The molecule has 3 heteroatoms. The Morgan fingerprint density at radius 3 is 2.78 bits per heavy atom. The molecule has 2 atom stereocenters. The molecule has 94 valence electrons. The van der Waals surface area contributed by atoms with E-state index in [1.54, 1.807) is 0 Å². The molecule has 0 saturated carbocycles. The van der Waals surface area contributed by atoms with Crippen molar-refractivity contribution in [3.63, 3.8) is 0 Å². The zero-order valence-corrected chi connectivity index (χ0v) is 10.6. The van der Waals surface area contributed by atoms with E-state index in [2.05, 4.69) is 28.4 Å². The van der Waals surface area contributed by atoms with E-state index in [4.69, 9.17) is 5.26 Å². The Balaban J connectivity index is 1.60. The molecule has 3 nitrogen and oxygen atoms in total. The van der Waals surface area contributed by atoms with Gasteiger partial charge in [0.25, 0.3) is 0 Å². The van der Waals surface area contributed by atoms with Crippen LogP contribution in [0.4, 0.5) is 0 Å². The first-order valence-electron chi connectivity index (χ1n) is 6.77. The number of benzene rings is 1. The normalized spacial score (nSPS) is 27.7. The third-order valence-corrected chi connectivity index (χ3v) is 4.28. The van der Waals surface area contributed by atoms with Crippen molar-refractivity contribution < 1.29 is 0 Å². The summed E-state index contributed by atoms with van der Waals surface area (Å²) in [6, 6.07) is 10.2. The summed E-state index contributed by atoms with van der Waals surface area (Å²) in [6.45, 7) is 5.86. The lowest BCUT2D eigenvalue weighted by atomic mass is 9.88. The average Bonchev–Trinajstić information content (AvgIpc) is 2.87. The van der Waals surface area contributed by atoms with Crippen molar-refractivity contribution in [2.24, 2.45) is 11.8 Å². The topological polar surface area (TPSA) is 39.1 Å². The Bertz CT molecular complexity index is 446. The summed E-state index contributed by atoms with van der Waals surface area (Å²) in [5, 5.41) is 12.3. The summed E-state index contributed by atoms with van der Waals surface area (Å²) in [5.74, 6) is 1.75. The summed E-state index contributed by atoms with van der Waals surface area (Å²) < 4.78 is 0. The van der Waals surface area contributed by atoms with Crippen LogP contribution >= 0.6 is 0 Å². The molecule has 1 N–H and O–H groups in total. The van der Waals surface area contributed by atoms with Gasteiger partial charge in [0.1, 0.15) is 0 Å². The highest BCUT2D eigenvalue weighted by Gasteiger charge is 2.32. The lowest BCUT2D eigenvalue weighted by Gasteiger charge is -2.34. The van der Waals surface area contributed by atoms with Crippen molar-refractivity contribution in [3.05, 3.63) is 35.4 Å². The molecule has 2 saturated heterocycles. The van der Waals surface area contributed by atoms with Crippen LogP contribution in [0.3, 0.4) is 0 Å². The number of piperidine rings is 1. The van der Waals surface area contributed by atoms with Gasteiger partial charge in [-0.25, -0.2) is 0 Å². The highest BCUT2D eigenvalue weighted by Crippen LogP contribution is 2.27. The van der Waals surface area contributed by atoms with Crippen LogP contribution in [0.15, 0.2) is 24.3 Å². The maximum Gasteiger partial charge on any atom is 0.0991 e. The van der Waals surface area contributed by atoms with Crippen LogP contribution in [0.25, 0.3) is 0 Å². The molecule has 1 aromatic carbocycles. The Labute approximate surface area is 108 Å². The van der Waals surface area contributed by atoms with Crippen molar-refractivity contribution in [1.82, 2.24) is 10.2 Å². The number of hydrogen-bond donors (Lipinski definition) is 1. The fourth-order valence-electron chi connectivity index (χ4n) is 3.20. The molecule has 2 aliphatic rings. The highest BCUT2D eigenvalue weighted by molar-refractivity contribution is 5.31. The number of nitrogens with zero attached hydrogens (tertiary/aromatic N) is 2. The van der Waals surface area contributed by atoms with Gasteiger partial charge in [0.2, 0.25) is 0 Å². The minimum atomic E-state index is 0.748. The van der Waals surface area contributed by atoms with Gasteiger partial charge in [0, 0.05) is 13.1 Å². The van der Waals surface area contributed by atoms with E-state index in [1.807, 2.05) is 12.1 Å². The van der Waals surface area contributed by atoms with Gasteiger partial charge in [-0.2, -0.15) is 5.26 Å². The largest absolute Gasteiger partial charge is 0.316 e. The minimum absolute atomic E-state index is 0.748. The van der Waals surface area contributed by atoms with Gasteiger partial charge in [0.15, 0.2) is 0 Å². The van der Waals surface area contributed by atoms with Crippen LogP contribution in [-0.4, -0.2) is 31.1 Å². The van der Waals surface area contributed by atoms with Crippen molar-refractivity contribution in [3.8, 4) is 6.07 Å². The molecule has 2 heterocycles. The molecular weight excluding hydrogens is 222 g/mol. The van der Waals surface area contributed by atoms with Gasteiger partial charge >= 0.3 is 0 Å². The summed E-state index contributed by atoms with van der Waals surface area (Å²) in [4.78, 5) is 2.55. The Hall–Kier alpha value is -1.37. The van der Waals surface area contributed by atoms with Gasteiger partial charge in [-0.15, -0.1) is 0 Å². The summed E-state index contributed by atoms with van der Waals surface area (Å²) >= 11 is 0. The van der Waals surface area contributed by atoms with Crippen LogP contribution in [0.2, 0.25) is 0 Å². The molecule has 1 aromatic rings. The molecule has 0 amide bonds. The second-order valence-corrected chi connectivity index (χ2v) is 5.51. The molecule has 0 aromatic heterocycles. The fourth-order valence-corrected chi connectivity index (χ4v) is 3.20. The number of rotatable bonds is 2. The minimum Gasteiger partial charge on any atom is -0.316 e. The Kier molecular flexibility index (Phi) is 3.31. The summed E-state index contributed by atoms with van der Waals surface area (Å²) in [6.07, 6.45) is 1.33. The van der Waals surface area contributed by atoms with E-state index in [0.29, 0.717) is 0 Å². The summed E-state index contributed by atoms with van der Waals surface area (Å²) in [7, 11) is 0. The quantitative estimate of drug-likeness (QED) is 0.855. The van der Waals surface area contributed by atoms with Crippen LogP contribution in [-0.2, 0) is 6.54 Å². The molecule has 2 fully saturated rings. The van der Waals surface area contributed by atoms with E-state index in [-0.39, 0.29) is 0 Å². The molecule has 0 bridgehead atoms.